The Morgan fingerprint density at radius 2 is 1.77 bits per heavy atom. The molecule has 0 atom stereocenters. The normalized spacial score (nSPS) is 10.7. The monoisotopic (exact) mass is 361 g/mol. The van der Waals surface area contributed by atoms with Crippen molar-refractivity contribution in [3.63, 3.8) is 0 Å². The summed E-state index contributed by atoms with van der Waals surface area (Å²) >= 11 is 0. The average molecular weight is 361 g/mol. The Labute approximate surface area is 151 Å². The third-order valence-corrected chi connectivity index (χ3v) is 4.24. The van der Waals surface area contributed by atoms with E-state index < -0.39 is 5.97 Å². The Morgan fingerprint density at radius 3 is 2.35 bits per heavy atom. The summed E-state index contributed by atoms with van der Waals surface area (Å²) in [5, 5.41) is 0. The summed E-state index contributed by atoms with van der Waals surface area (Å²) in [6.45, 7) is 7.11. The number of furan rings is 1. The number of ketones is 1. The average Bonchev–Trinajstić information content (AvgIpc) is 3.08. The van der Waals surface area contributed by atoms with Gasteiger partial charge in [0.1, 0.15) is 17.1 Å². The number of nitrogens with zero attached hydrogens (tertiary/aromatic N) is 1. The lowest BCUT2D eigenvalue weighted by molar-refractivity contribution is -0.140. The van der Waals surface area contributed by atoms with Gasteiger partial charge in [-0.25, -0.2) is 4.79 Å². The second kappa shape index (κ2) is 8.03. The molecule has 0 amide bonds. The molecule has 2 aromatic heterocycles. The smallest absolute Gasteiger partial charge is 0.342 e. The van der Waals surface area contributed by atoms with Crippen LogP contribution in [0.3, 0.4) is 0 Å². The SMILES string of the molecule is COC(=O)CCn1c(C)cc(C(=O)COC(=O)c2cc(C)oc2C)c1C. The number of Topliss-reactive ketones (excluding diaryl/α,β-unsaturated/α-hetero) is 1. The molecule has 140 valence electrons. The number of carbonyl (C=O) groups is 3. The first-order valence-corrected chi connectivity index (χ1v) is 8.25. The topological polar surface area (TPSA) is 87.7 Å². The van der Waals surface area contributed by atoms with Crippen molar-refractivity contribution in [2.75, 3.05) is 13.7 Å². The second-order valence-corrected chi connectivity index (χ2v) is 6.09. The number of ether oxygens (including phenoxy) is 2. The Kier molecular flexibility index (Phi) is 6.02. The van der Waals surface area contributed by atoms with Gasteiger partial charge in [0.2, 0.25) is 5.78 Å². The van der Waals surface area contributed by atoms with Crippen molar-refractivity contribution in [1.82, 2.24) is 4.57 Å². The van der Waals surface area contributed by atoms with Crippen LogP contribution in [0.2, 0.25) is 0 Å². The molecule has 0 fully saturated rings. The molecule has 2 aromatic rings. The van der Waals surface area contributed by atoms with Gasteiger partial charge in [0.05, 0.1) is 13.5 Å². The minimum Gasteiger partial charge on any atom is -0.469 e. The van der Waals surface area contributed by atoms with E-state index in [1.807, 2.05) is 11.5 Å². The molecule has 0 radical (unpaired) electrons. The molecular weight excluding hydrogens is 338 g/mol. The highest BCUT2D eigenvalue weighted by Gasteiger charge is 2.20. The molecule has 2 rings (SSSR count). The van der Waals surface area contributed by atoms with Crippen molar-refractivity contribution in [2.45, 2.75) is 40.7 Å². The summed E-state index contributed by atoms with van der Waals surface area (Å²) in [7, 11) is 1.34. The first-order chi connectivity index (χ1) is 12.2. The van der Waals surface area contributed by atoms with Crippen LogP contribution < -0.4 is 0 Å². The number of aromatic nitrogens is 1. The highest BCUT2D eigenvalue weighted by molar-refractivity contribution is 6.00. The van der Waals surface area contributed by atoms with E-state index in [0.29, 0.717) is 29.2 Å². The van der Waals surface area contributed by atoms with E-state index in [1.54, 1.807) is 32.9 Å². The van der Waals surface area contributed by atoms with Crippen molar-refractivity contribution in [3.8, 4) is 0 Å². The zero-order valence-corrected chi connectivity index (χ0v) is 15.7. The molecule has 0 bridgehead atoms. The standard InChI is InChI=1S/C19H23NO6/c1-11-8-15(13(3)20(11)7-6-18(22)24-5)17(21)10-25-19(23)16-9-12(2)26-14(16)4/h8-9H,6-7,10H2,1-5H3. The van der Waals surface area contributed by atoms with Crippen LogP contribution in [-0.4, -0.2) is 36.0 Å². The zero-order chi connectivity index (χ0) is 19.4. The molecule has 26 heavy (non-hydrogen) atoms. The fourth-order valence-corrected chi connectivity index (χ4v) is 2.85. The second-order valence-electron chi connectivity index (χ2n) is 6.09. The maximum Gasteiger partial charge on any atom is 0.342 e. The molecule has 0 aliphatic carbocycles. The van der Waals surface area contributed by atoms with Crippen LogP contribution in [0.25, 0.3) is 0 Å². The van der Waals surface area contributed by atoms with E-state index in [0.717, 1.165) is 11.4 Å². The number of hydrogen-bond donors (Lipinski definition) is 0. The lowest BCUT2D eigenvalue weighted by atomic mass is 10.1. The van der Waals surface area contributed by atoms with Gasteiger partial charge in [-0.2, -0.15) is 0 Å². The highest BCUT2D eigenvalue weighted by atomic mass is 16.5. The number of esters is 2. The molecule has 0 aliphatic heterocycles. The maximum atomic E-state index is 12.4. The van der Waals surface area contributed by atoms with Crippen molar-refractivity contribution in [3.05, 3.63) is 46.2 Å². The van der Waals surface area contributed by atoms with E-state index in [4.69, 9.17) is 9.15 Å². The molecule has 0 N–H and O–H groups in total. The van der Waals surface area contributed by atoms with Gasteiger partial charge in [-0.1, -0.05) is 0 Å². The summed E-state index contributed by atoms with van der Waals surface area (Å²) < 4.78 is 16.9. The molecule has 7 nitrogen and oxygen atoms in total. The fraction of sp³-hybridized carbons (Fsp3) is 0.421. The van der Waals surface area contributed by atoms with E-state index in [1.165, 1.54) is 7.11 Å². The minimum atomic E-state index is -0.591. The molecule has 0 aromatic carbocycles. The molecule has 0 unspecified atom stereocenters. The molecule has 0 spiro atoms. The van der Waals surface area contributed by atoms with Gasteiger partial charge in [-0.3, -0.25) is 9.59 Å². The lowest BCUT2D eigenvalue weighted by Gasteiger charge is -2.09. The Bertz CT molecular complexity index is 843. The number of methoxy groups -OCH3 is 1. The predicted molar refractivity (Wildman–Crippen MR) is 93.3 cm³/mol. The van der Waals surface area contributed by atoms with Crippen LogP contribution in [0.1, 0.15) is 50.0 Å². The van der Waals surface area contributed by atoms with E-state index in [-0.39, 0.29) is 24.8 Å². The minimum absolute atomic E-state index is 0.217. The van der Waals surface area contributed by atoms with Crippen molar-refractivity contribution >= 4 is 17.7 Å². The molecule has 0 saturated heterocycles. The van der Waals surface area contributed by atoms with E-state index >= 15 is 0 Å². The zero-order valence-electron chi connectivity index (χ0n) is 15.7. The summed E-state index contributed by atoms with van der Waals surface area (Å²) in [4.78, 5) is 35.9. The van der Waals surface area contributed by atoms with Gasteiger partial charge in [-0.05, 0) is 39.8 Å². The van der Waals surface area contributed by atoms with Crippen molar-refractivity contribution in [1.29, 1.82) is 0 Å². The van der Waals surface area contributed by atoms with Gasteiger partial charge < -0.3 is 18.5 Å². The van der Waals surface area contributed by atoms with Crippen LogP contribution in [-0.2, 0) is 20.8 Å². The lowest BCUT2D eigenvalue weighted by Crippen LogP contribution is -2.15. The van der Waals surface area contributed by atoms with Gasteiger partial charge in [0.25, 0.3) is 0 Å². The third-order valence-electron chi connectivity index (χ3n) is 4.24. The van der Waals surface area contributed by atoms with Crippen LogP contribution >= 0.6 is 0 Å². The van der Waals surface area contributed by atoms with Gasteiger partial charge >= 0.3 is 11.9 Å². The van der Waals surface area contributed by atoms with Crippen LogP contribution in [0.4, 0.5) is 0 Å². The van der Waals surface area contributed by atoms with Crippen molar-refractivity contribution < 1.29 is 28.3 Å². The Balaban J connectivity index is 2.04. The first kappa shape index (κ1) is 19.5. The van der Waals surface area contributed by atoms with E-state index in [9.17, 15) is 14.4 Å². The highest BCUT2D eigenvalue weighted by Crippen LogP contribution is 2.18. The maximum absolute atomic E-state index is 12.4. The Morgan fingerprint density at radius 1 is 1.08 bits per heavy atom. The largest absolute Gasteiger partial charge is 0.469 e. The van der Waals surface area contributed by atoms with Crippen LogP contribution in [0.15, 0.2) is 16.5 Å². The quantitative estimate of drug-likeness (QED) is 0.557. The summed E-state index contributed by atoms with van der Waals surface area (Å²) in [6.07, 6.45) is 0.217. The molecule has 2 heterocycles. The summed E-state index contributed by atoms with van der Waals surface area (Å²) in [5.74, 6) is -0.137. The fourth-order valence-electron chi connectivity index (χ4n) is 2.85. The van der Waals surface area contributed by atoms with E-state index in [2.05, 4.69) is 4.74 Å². The van der Waals surface area contributed by atoms with Gasteiger partial charge in [0, 0.05) is 23.5 Å². The molecule has 0 aliphatic rings. The summed E-state index contributed by atoms with van der Waals surface area (Å²) in [5.41, 5.74) is 2.37. The number of rotatable bonds is 7. The number of carbonyl (C=O) groups excluding carboxylic acids is 3. The third kappa shape index (κ3) is 4.22. The summed E-state index contributed by atoms with van der Waals surface area (Å²) in [6, 6.07) is 3.32. The number of hydrogen-bond acceptors (Lipinski definition) is 6. The molecule has 7 heteroatoms. The molecular formula is C19H23NO6. The van der Waals surface area contributed by atoms with Crippen LogP contribution in [0, 0.1) is 27.7 Å². The first-order valence-electron chi connectivity index (χ1n) is 8.25. The van der Waals surface area contributed by atoms with Gasteiger partial charge in [0.15, 0.2) is 6.61 Å². The predicted octanol–water partition coefficient (Wildman–Crippen LogP) is 2.92. The van der Waals surface area contributed by atoms with Crippen molar-refractivity contribution in [2.24, 2.45) is 0 Å². The Hall–Kier alpha value is -2.83. The van der Waals surface area contributed by atoms with Gasteiger partial charge in [-0.15, -0.1) is 0 Å². The van der Waals surface area contributed by atoms with Crippen LogP contribution in [0.5, 0.6) is 0 Å². The number of aryl methyl sites for hydroxylation is 3. The molecule has 0 saturated carbocycles.